The van der Waals surface area contributed by atoms with Crippen LogP contribution in [0.3, 0.4) is 0 Å². The Hall–Kier alpha value is -1.13. The average molecular weight is 313 g/mol. The maximum atomic E-state index is 12.3. The van der Waals surface area contributed by atoms with Gasteiger partial charge < -0.3 is 10.1 Å². The molecule has 1 aromatic heterocycles. The number of nitrogens with one attached hydrogen (secondary N) is 1. The molecular weight excluding hydrogens is 288 g/mol. The summed E-state index contributed by atoms with van der Waals surface area (Å²) < 4.78 is 5.09. The number of halogens is 1. The number of methoxy groups -OCH3 is 1. The molecule has 0 saturated heterocycles. The fraction of sp³-hybridized carbons (Fsp3) is 0.625. The summed E-state index contributed by atoms with van der Waals surface area (Å²) >= 11 is 5.99. The van der Waals surface area contributed by atoms with Gasteiger partial charge in [-0.05, 0) is 29.9 Å². The van der Waals surface area contributed by atoms with Crippen molar-refractivity contribution >= 4 is 17.5 Å². The molecule has 0 fully saturated rings. The quantitative estimate of drug-likeness (QED) is 0.782. The average Bonchev–Trinajstić information content (AvgIpc) is 2.42. The molecule has 1 rings (SSSR count). The topological polar surface area (TPSA) is 51.2 Å². The zero-order valence-corrected chi connectivity index (χ0v) is 14.3. The van der Waals surface area contributed by atoms with E-state index < -0.39 is 0 Å². The van der Waals surface area contributed by atoms with Crippen molar-refractivity contribution < 1.29 is 9.53 Å². The molecule has 0 aliphatic carbocycles. The van der Waals surface area contributed by atoms with Gasteiger partial charge in [0.15, 0.2) is 0 Å². The van der Waals surface area contributed by atoms with Crippen molar-refractivity contribution in [3.8, 4) is 0 Å². The third-order valence-electron chi connectivity index (χ3n) is 3.38. The van der Waals surface area contributed by atoms with E-state index in [2.05, 4.69) is 24.1 Å². The Morgan fingerprint density at radius 2 is 2.10 bits per heavy atom. The van der Waals surface area contributed by atoms with Crippen molar-refractivity contribution in [3.05, 3.63) is 28.5 Å². The largest absolute Gasteiger partial charge is 0.385 e. The first-order valence-corrected chi connectivity index (χ1v) is 7.57. The van der Waals surface area contributed by atoms with E-state index in [1.807, 2.05) is 13.8 Å². The zero-order valence-electron chi connectivity index (χ0n) is 13.5. The summed E-state index contributed by atoms with van der Waals surface area (Å²) in [5.41, 5.74) is 1.37. The molecule has 4 nitrogen and oxygen atoms in total. The summed E-state index contributed by atoms with van der Waals surface area (Å²) in [4.78, 5) is 16.5. The van der Waals surface area contributed by atoms with Crippen LogP contribution in [-0.4, -0.2) is 31.2 Å². The minimum absolute atomic E-state index is 0.0105. The highest BCUT2D eigenvalue weighted by molar-refractivity contribution is 6.29. The maximum absolute atomic E-state index is 12.3. The maximum Gasteiger partial charge on any atom is 0.251 e. The number of amides is 1. The minimum atomic E-state index is -0.119. The van der Waals surface area contributed by atoms with E-state index in [0.717, 1.165) is 12.1 Å². The van der Waals surface area contributed by atoms with Gasteiger partial charge >= 0.3 is 0 Å². The highest BCUT2D eigenvalue weighted by Crippen LogP contribution is 2.20. The second-order valence-corrected chi connectivity index (χ2v) is 6.74. The zero-order chi connectivity index (χ0) is 16.0. The lowest BCUT2D eigenvalue weighted by molar-refractivity contribution is 0.0920. The summed E-state index contributed by atoms with van der Waals surface area (Å²) in [5, 5.41) is 3.31. The second-order valence-electron chi connectivity index (χ2n) is 6.35. The molecule has 1 heterocycles. The predicted octanol–water partition coefficient (Wildman–Crippen LogP) is 3.65. The molecule has 1 aromatic rings. The molecule has 1 N–H and O–H groups in total. The summed E-state index contributed by atoms with van der Waals surface area (Å²) in [7, 11) is 1.68. The van der Waals surface area contributed by atoms with Gasteiger partial charge in [0.05, 0.1) is 0 Å². The minimum Gasteiger partial charge on any atom is -0.385 e. The standard InChI is InChI=1S/C16H25ClN2O2/c1-11(2)13-8-12(9-14(17)19-13)15(20)18-10-16(3,4)6-7-21-5/h8-9,11H,6-7,10H2,1-5H3,(H,18,20). The van der Waals surface area contributed by atoms with Crippen molar-refractivity contribution in [1.82, 2.24) is 10.3 Å². The molecule has 0 atom stereocenters. The second kappa shape index (κ2) is 7.76. The molecule has 5 heteroatoms. The van der Waals surface area contributed by atoms with Crippen molar-refractivity contribution in [2.24, 2.45) is 5.41 Å². The number of rotatable bonds is 7. The Balaban J connectivity index is 2.72. The molecule has 1 amide bonds. The normalized spacial score (nSPS) is 11.8. The van der Waals surface area contributed by atoms with E-state index in [4.69, 9.17) is 16.3 Å². The molecule has 0 bridgehead atoms. The number of carbonyl (C=O) groups excluding carboxylic acids is 1. The SMILES string of the molecule is COCCC(C)(C)CNC(=O)c1cc(Cl)nc(C(C)C)c1. The number of carbonyl (C=O) groups is 1. The first-order chi connectivity index (χ1) is 9.75. The third kappa shape index (κ3) is 6.02. The number of ether oxygens (including phenoxy) is 1. The molecule has 0 radical (unpaired) electrons. The number of aromatic nitrogens is 1. The van der Waals surface area contributed by atoms with Crippen LogP contribution in [-0.2, 0) is 4.74 Å². The monoisotopic (exact) mass is 312 g/mol. The summed E-state index contributed by atoms with van der Waals surface area (Å²) in [6.07, 6.45) is 0.887. The van der Waals surface area contributed by atoms with Crippen molar-refractivity contribution in [2.45, 2.75) is 40.0 Å². The van der Waals surface area contributed by atoms with Gasteiger partial charge in [-0.3, -0.25) is 4.79 Å². The fourth-order valence-electron chi connectivity index (χ4n) is 1.83. The lowest BCUT2D eigenvalue weighted by atomic mass is 9.89. The van der Waals surface area contributed by atoms with E-state index in [1.54, 1.807) is 19.2 Å². The van der Waals surface area contributed by atoms with Gasteiger partial charge in [0.2, 0.25) is 0 Å². The Kier molecular flexibility index (Phi) is 6.62. The summed E-state index contributed by atoms with van der Waals surface area (Å²) in [6, 6.07) is 3.40. The molecule has 0 aliphatic rings. The fourth-order valence-corrected chi connectivity index (χ4v) is 2.05. The third-order valence-corrected chi connectivity index (χ3v) is 3.57. The highest BCUT2D eigenvalue weighted by Gasteiger charge is 2.19. The molecule has 0 aliphatic heterocycles. The summed E-state index contributed by atoms with van der Waals surface area (Å²) in [6.45, 7) is 9.52. The Morgan fingerprint density at radius 3 is 2.67 bits per heavy atom. The first-order valence-electron chi connectivity index (χ1n) is 7.20. The lowest BCUT2D eigenvalue weighted by Crippen LogP contribution is -2.34. The van der Waals surface area contributed by atoms with E-state index >= 15 is 0 Å². The van der Waals surface area contributed by atoms with Crippen LogP contribution >= 0.6 is 11.6 Å². The molecule has 0 saturated carbocycles. The van der Waals surface area contributed by atoms with Crippen LogP contribution < -0.4 is 5.32 Å². The van der Waals surface area contributed by atoms with E-state index in [9.17, 15) is 4.79 Å². The summed E-state index contributed by atoms with van der Waals surface area (Å²) in [5.74, 6) is 0.111. The highest BCUT2D eigenvalue weighted by atomic mass is 35.5. The van der Waals surface area contributed by atoms with Crippen LogP contribution in [0.25, 0.3) is 0 Å². The number of hydrogen-bond donors (Lipinski definition) is 1. The smallest absolute Gasteiger partial charge is 0.251 e. The van der Waals surface area contributed by atoms with Gasteiger partial charge in [-0.25, -0.2) is 4.98 Å². The van der Waals surface area contributed by atoms with E-state index in [-0.39, 0.29) is 17.2 Å². The van der Waals surface area contributed by atoms with Crippen molar-refractivity contribution in [1.29, 1.82) is 0 Å². The molecule has 0 aromatic carbocycles. The Bertz CT molecular complexity index is 487. The van der Waals surface area contributed by atoms with Crippen LogP contribution in [0.2, 0.25) is 5.15 Å². The number of nitrogens with zero attached hydrogens (tertiary/aromatic N) is 1. The Morgan fingerprint density at radius 1 is 1.43 bits per heavy atom. The van der Waals surface area contributed by atoms with Gasteiger partial charge in [0.25, 0.3) is 5.91 Å². The van der Waals surface area contributed by atoms with Crippen LogP contribution in [0.4, 0.5) is 0 Å². The van der Waals surface area contributed by atoms with Gasteiger partial charge in [-0.15, -0.1) is 0 Å². The van der Waals surface area contributed by atoms with Crippen LogP contribution in [0.15, 0.2) is 12.1 Å². The molecule has 0 unspecified atom stereocenters. The van der Waals surface area contributed by atoms with Crippen molar-refractivity contribution in [3.63, 3.8) is 0 Å². The van der Waals surface area contributed by atoms with Gasteiger partial charge in [0, 0.05) is 31.5 Å². The predicted molar refractivity (Wildman–Crippen MR) is 85.9 cm³/mol. The first kappa shape index (κ1) is 17.9. The van der Waals surface area contributed by atoms with Crippen molar-refractivity contribution in [2.75, 3.05) is 20.3 Å². The number of pyridine rings is 1. The Labute approximate surface area is 132 Å². The molecule has 118 valence electrons. The van der Waals surface area contributed by atoms with Crippen LogP contribution in [0.5, 0.6) is 0 Å². The molecular formula is C16H25ClN2O2. The molecule has 0 spiro atoms. The lowest BCUT2D eigenvalue weighted by Gasteiger charge is -2.24. The molecule has 21 heavy (non-hydrogen) atoms. The van der Waals surface area contributed by atoms with E-state index in [1.165, 1.54) is 0 Å². The van der Waals surface area contributed by atoms with Crippen LogP contribution in [0.1, 0.15) is 56.1 Å². The van der Waals surface area contributed by atoms with Gasteiger partial charge in [-0.2, -0.15) is 0 Å². The van der Waals surface area contributed by atoms with Gasteiger partial charge in [0.1, 0.15) is 5.15 Å². The van der Waals surface area contributed by atoms with Gasteiger partial charge in [-0.1, -0.05) is 39.3 Å². The van der Waals surface area contributed by atoms with E-state index in [0.29, 0.717) is 23.9 Å². The van der Waals surface area contributed by atoms with Crippen LogP contribution in [0, 0.1) is 5.41 Å². The number of hydrogen-bond acceptors (Lipinski definition) is 3.